The molecule has 0 aliphatic carbocycles. The first-order valence-electron chi connectivity index (χ1n) is 41.8. The summed E-state index contributed by atoms with van der Waals surface area (Å²) in [6, 6.07) is 0. The van der Waals surface area contributed by atoms with Crippen LogP contribution in [0.1, 0.15) is 421 Å². The summed E-state index contributed by atoms with van der Waals surface area (Å²) in [7, 11) is -9.92. The maximum absolute atomic E-state index is 13.1. The van der Waals surface area contributed by atoms with Gasteiger partial charge in [-0.3, -0.25) is 37.3 Å². The van der Waals surface area contributed by atoms with E-state index < -0.39 is 97.5 Å². The highest BCUT2D eigenvalue weighted by molar-refractivity contribution is 7.47. The Hall–Kier alpha value is -1.94. The number of unbranched alkanes of at least 4 members (excludes halogenated alkanes) is 47. The lowest BCUT2D eigenvalue weighted by molar-refractivity contribution is -0.161. The molecule has 0 aliphatic rings. The molecule has 0 aromatic rings. The van der Waals surface area contributed by atoms with Gasteiger partial charge in [0, 0.05) is 25.7 Å². The van der Waals surface area contributed by atoms with Crippen LogP contribution in [0.15, 0.2) is 0 Å². The third-order valence-electron chi connectivity index (χ3n) is 18.9. The van der Waals surface area contributed by atoms with Crippen molar-refractivity contribution in [3.63, 3.8) is 0 Å². The molecule has 0 aliphatic heterocycles. The van der Waals surface area contributed by atoms with E-state index in [0.29, 0.717) is 25.7 Å². The molecule has 0 bridgehead atoms. The Morgan fingerprint density at radius 1 is 0.270 bits per heavy atom. The van der Waals surface area contributed by atoms with Crippen molar-refractivity contribution >= 4 is 39.5 Å². The quantitative estimate of drug-likeness (QED) is 0.0222. The number of phosphoric acid groups is 2. The number of carbonyl (C=O) groups is 4. The Kier molecular flexibility index (Phi) is 69.9. The van der Waals surface area contributed by atoms with Gasteiger partial charge in [0.25, 0.3) is 0 Å². The molecule has 3 N–H and O–H groups in total. The summed E-state index contributed by atoms with van der Waals surface area (Å²) in [6.45, 7) is 12.0. The molecule has 17 nitrogen and oxygen atoms in total. The highest BCUT2D eigenvalue weighted by Crippen LogP contribution is 2.45. The standard InChI is InChI=1S/C81H158O17P2/c1-8-9-10-11-12-13-14-15-16-17-23-29-34-43-50-57-64-81(86)98-77(69-92-79(84)63-56-49-42-37-36-40-47-54-61-74(6)7)71-96-100(89,90)94-67-75(82)66-93-99(87,88)95-70-76(68-91-78(83)62-55-48-41-33-28-25-20-22-27-32-39-46-53-60-73(4)5)97-80(85)65-58-51-44-35-30-24-19-18-21-26-31-38-45-52-59-72(2)3/h72-77,82H,8-71H2,1-7H3,(H,87,88)(H,89,90)/t75-,76-,77-/m1/s1. The van der Waals surface area contributed by atoms with Crippen LogP contribution in [-0.4, -0.2) is 96.7 Å². The zero-order valence-corrected chi connectivity index (χ0v) is 67.5. The molecule has 19 heteroatoms. The van der Waals surface area contributed by atoms with Crippen molar-refractivity contribution in [2.75, 3.05) is 39.6 Å². The van der Waals surface area contributed by atoms with Gasteiger partial charge in [0.1, 0.15) is 19.3 Å². The molecule has 0 saturated carbocycles. The number of aliphatic hydroxyl groups excluding tert-OH is 1. The van der Waals surface area contributed by atoms with Crippen LogP contribution in [0.4, 0.5) is 0 Å². The molecular formula is C81H158O17P2. The van der Waals surface area contributed by atoms with E-state index in [2.05, 4.69) is 48.5 Å². The van der Waals surface area contributed by atoms with E-state index in [1.807, 2.05) is 0 Å². The van der Waals surface area contributed by atoms with E-state index in [0.717, 1.165) is 108 Å². The summed E-state index contributed by atoms with van der Waals surface area (Å²) in [6.07, 6.45) is 59.6. The first kappa shape index (κ1) is 98.1. The number of esters is 4. The fraction of sp³-hybridized carbons (Fsp3) is 0.951. The van der Waals surface area contributed by atoms with E-state index >= 15 is 0 Å². The summed E-state index contributed by atoms with van der Waals surface area (Å²) in [5.41, 5.74) is 0. The number of ether oxygens (including phenoxy) is 4. The highest BCUT2D eigenvalue weighted by Gasteiger charge is 2.30. The van der Waals surface area contributed by atoms with Gasteiger partial charge in [0.15, 0.2) is 12.2 Å². The van der Waals surface area contributed by atoms with E-state index in [9.17, 15) is 43.2 Å². The second-order valence-corrected chi connectivity index (χ2v) is 33.5. The fourth-order valence-corrected chi connectivity index (χ4v) is 14.1. The Balaban J connectivity index is 5.26. The van der Waals surface area contributed by atoms with Crippen LogP contribution in [0.25, 0.3) is 0 Å². The van der Waals surface area contributed by atoms with Gasteiger partial charge >= 0.3 is 39.5 Å². The monoisotopic (exact) mass is 1470 g/mol. The van der Waals surface area contributed by atoms with E-state index in [1.54, 1.807) is 0 Å². The zero-order valence-electron chi connectivity index (χ0n) is 65.7. The predicted molar refractivity (Wildman–Crippen MR) is 409 cm³/mol. The Labute approximate surface area is 613 Å². The van der Waals surface area contributed by atoms with Crippen LogP contribution in [0.5, 0.6) is 0 Å². The van der Waals surface area contributed by atoms with Gasteiger partial charge in [-0.1, -0.05) is 370 Å². The van der Waals surface area contributed by atoms with Gasteiger partial charge in [-0.05, 0) is 43.4 Å². The molecule has 0 fully saturated rings. The van der Waals surface area contributed by atoms with Crippen LogP contribution in [0.3, 0.4) is 0 Å². The molecule has 0 aromatic heterocycles. The average Bonchev–Trinajstić information content (AvgIpc) is 1.09. The Morgan fingerprint density at radius 3 is 0.680 bits per heavy atom. The van der Waals surface area contributed by atoms with Crippen molar-refractivity contribution in [1.82, 2.24) is 0 Å². The van der Waals surface area contributed by atoms with Gasteiger partial charge in [-0.15, -0.1) is 0 Å². The molecular weight excluding hydrogens is 1310 g/mol. The summed E-state index contributed by atoms with van der Waals surface area (Å²) < 4.78 is 68.7. The molecule has 0 rings (SSSR count). The second-order valence-electron chi connectivity index (χ2n) is 30.6. The number of hydrogen-bond acceptors (Lipinski definition) is 15. The van der Waals surface area contributed by atoms with Crippen molar-refractivity contribution in [1.29, 1.82) is 0 Å². The SMILES string of the molecule is CCCCCCCCCCCCCCCCCCC(=O)O[C@H](COC(=O)CCCCCCCCCCC(C)C)COP(=O)(O)OC[C@H](O)COP(=O)(O)OC[C@@H](COC(=O)CCCCCCCCCCCCCCCC(C)C)OC(=O)CCCCCCCCCCCCCCCCC(C)C. The highest BCUT2D eigenvalue weighted by atomic mass is 31.2. The molecule has 0 heterocycles. The minimum Gasteiger partial charge on any atom is -0.462 e. The summed E-state index contributed by atoms with van der Waals surface area (Å²) >= 11 is 0. The maximum Gasteiger partial charge on any atom is 0.472 e. The van der Waals surface area contributed by atoms with Gasteiger partial charge in [0.05, 0.1) is 26.4 Å². The molecule has 100 heavy (non-hydrogen) atoms. The summed E-state index contributed by atoms with van der Waals surface area (Å²) in [5.74, 6) is 0.203. The number of phosphoric ester groups is 2. The topological polar surface area (TPSA) is 237 Å². The molecule has 5 atom stereocenters. The first-order valence-corrected chi connectivity index (χ1v) is 44.8. The lowest BCUT2D eigenvalue weighted by Crippen LogP contribution is -2.30. The van der Waals surface area contributed by atoms with Gasteiger partial charge < -0.3 is 33.8 Å². The van der Waals surface area contributed by atoms with Crippen molar-refractivity contribution < 1.29 is 80.2 Å². The first-order chi connectivity index (χ1) is 48.2. The fourth-order valence-electron chi connectivity index (χ4n) is 12.5. The van der Waals surface area contributed by atoms with Gasteiger partial charge in [-0.2, -0.15) is 0 Å². The molecule has 594 valence electrons. The van der Waals surface area contributed by atoms with Crippen molar-refractivity contribution in [3.8, 4) is 0 Å². The number of carbonyl (C=O) groups excluding carboxylic acids is 4. The average molecular weight is 1470 g/mol. The summed E-state index contributed by atoms with van der Waals surface area (Å²) in [4.78, 5) is 73.1. The van der Waals surface area contributed by atoms with Crippen molar-refractivity contribution in [2.45, 2.75) is 439 Å². The maximum atomic E-state index is 13.1. The van der Waals surface area contributed by atoms with Crippen LogP contribution < -0.4 is 0 Å². The number of aliphatic hydroxyl groups is 1. The van der Waals surface area contributed by atoms with E-state index in [4.69, 9.17) is 37.0 Å². The molecule has 0 aromatic carbocycles. The van der Waals surface area contributed by atoms with Crippen LogP contribution in [-0.2, 0) is 65.4 Å². The minimum atomic E-state index is -4.96. The van der Waals surface area contributed by atoms with Crippen molar-refractivity contribution in [3.05, 3.63) is 0 Å². The second kappa shape index (κ2) is 71.3. The lowest BCUT2D eigenvalue weighted by Gasteiger charge is -2.21. The third kappa shape index (κ3) is 74.3. The van der Waals surface area contributed by atoms with E-state index in [-0.39, 0.29) is 25.7 Å². The lowest BCUT2D eigenvalue weighted by atomic mass is 10.0. The number of rotatable bonds is 79. The molecule has 0 spiro atoms. The summed E-state index contributed by atoms with van der Waals surface area (Å²) in [5, 5.41) is 10.6. The third-order valence-corrected chi connectivity index (χ3v) is 20.8. The van der Waals surface area contributed by atoms with Gasteiger partial charge in [0.2, 0.25) is 0 Å². The molecule has 2 unspecified atom stereocenters. The zero-order chi connectivity index (χ0) is 73.7. The number of hydrogen-bond donors (Lipinski definition) is 3. The minimum absolute atomic E-state index is 0.108. The van der Waals surface area contributed by atoms with Crippen LogP contribution in [0, 0.1) is 17.8 Å². The molecule has 0 radical (unpaired) electrons. The van der Waals surface area contributed by atoms with Crippen molar-refractivity contribution in [2.24, 2.45) is 17.8 Å². The molecule has 0 amide bonds. The largest absolute Gasteiger partial charge is 0.472 e. The van der Waals surface area contributed by atoms with E-state index in [1.165, 1.54) is 231 Å². The normalized spacial score (nSPS) is 14.0. The van der Waals surface area contributed by atoms with Gasteiger partial charge in [-0.25, -0.2) is 9.13 Å². The molecule has 0 saturated heterocycles. The predicted octanol–water partition coefficient (Wildman–Crippen LogP) is 24.1. The Morgan fingerprint density at radius 2 is 0.460 bits per heavy atom. The smallest absolute Gasteiger partial charge is 0.462 e. The van der Waals surface area contributed by atoms with Crippen LogP contribution in [0.2, 0.25) is 0 Å². The Bertz CT molecular complexity index is 1940. The van der Waals surface area contributed by atoms with Crippen LogP contribution >= 0.6 is 15.6 Å².